The standard InChI is InChI=1S/C15H23NO/c1-12-4-5-14(13(2)10-12)15(11-17)6-3-8-16-9-7-15/h4-5,10,16-17H,3,6-9,11H2,1-2H3. The van der Waals surface area contributed by atoms with Gasteiger partial charge in [0.25, 0.3) is 0 Å². The van der Waals surface area contributed by atoms with Crippen molar-refractivity contribution in [1.82, 2.24) is 5.32 Å². The summed E-state index contributed by atoms with van der Waals surface area (Å²) in [4.78, 5) is 0. The second-order valence-electron chi connectivity index (χ2n) is 5.36. The Balaban J connectivity index is 2.38. The minimum Gasteiger partial charge on any atom is -0.395 e. The summed E-state index contributed by atoms with van der Waals surface area (Å²) in [6.07, 6.45) is 3.27. The summed E-state index contributed by atoms with van der Waals surface area (Å²) >= 11 is 0. The first-order chi connectivity index (χ1) is 8.18. The molecule has 0 radical (unpaired) electrons. The molecule has 0 aromatic heterocycles. The molecule has 0 amide bonds. The minimum atomic E-state index is -0.0265. The Morgan fingerprint density at radius 3 is 2.76 bits per heavy atom. The predicted molar refractivity (Wildman–Crippen MR) is 71.4 cm³/mol. The third-order valence-electron chi connectivity index (χ3n) is 4.05. The van der Waals surface area contributed by atoms with Crippen molar-refractivity contribution >= 4 is 0 Å². The van der Waals surface area contributed by atoms with E-state index in [0.717, 1.165) is 32.4 Å². The van der Waals surface area contributed by atoms with Gasteiger partial charge in [-0.15, -0.1) is 0 Å². The summed E-state index contributed by atoms with van der Waals surface area (Å²) in [6, 6.07) is 6.61. The molecule has 1 aliphatic rings. The minimum absolute atomic E-state index is 0.0265. The van der Waals surface area contributed by atoms with Crippen LogP contribution >= 0.6 is 0 Å². The number of benzene rings is 1. The van der Waals surface area contributed by atoms with E-state index in [1.165, 1.54) is 16.7 Å². The van der Waals surface area contributed by atoms with Gasteiger partial charge in [0.1, 0.15) is 0 Å². The predicted octanol–water partition coefficient (Wildman–Crippen LogP) is 2.31. The molecule has 2 heteroatoms. The zero-order valence-corrected chi connectivity index (χ0v) is 10.9. The lowest BCUT2D eigenvalue weighted by Crippen LogP contribution is -2.32. The number of aryl methyl sites for hydroxylation is 2. The van der Waals surface area contributed by atoms with Crippen LogP contribution in [0.25, 0.3) is 0 Å². The van der Waals surface area contributed by atoms with Crippen LogP contribution in [0.15, 0.2) is 18.2 Å². The van der Waals surface area contributed by atoms with Crippen molar-refractivity contribution in [2.45, 2.75) is 38.5 Å². The van der Waals surface area contributed by atoms with Gasteiger partial charge < -0.3 is 10.4 Å². The van der Waals surface area contributed by atoms with Crippen LogP contribution in [0.1, 0.15) is 36.0 Å². The number of aliphatic hydroxyl groups is 1. The molecule has 0 aliphatic carbocycles. The van der Waals surface area contributed by atoms with Gasteiger partial charge in [0, 0.05) is 5.41 Å². The first-order valence-corrected chi connectivity index (χ1v) is 6.57. The maximum absolute atomic E-state index is 9.89. The summed E-state index contributed by atoms with van der Waals surface area (Å²) < 4.78 is 0. The van der Waals surface area contributed by atoms with Crippen LogP contribution in [0.4, 0.5) is 0 Å². The molecule has 2 nitrogen and oxygen atoms in total. The SMILES string of the molecule is Cc1ccc(C2(CO)CCCNCC2)c(C)c1. The summed E-state index contributed by atoms with van der Waals surface area (Å²) in [7, 11) is 0. The Labute approximate surface area is 104 Å². The third-order valence-corrected chi connectivity index (χ3v) is 4.05. The van der Waals surface area contributed by atoms with Crippen LogP contribution in [0.2, 0.25) is 0 Å². The Kier molecular flexibility index (Phi) is 3.85. The van der Waals surface area contributed by atoms with Crippen LogP contribution < -0.4 is 5.32 Å². The van der Waals surface area contributed by atoms with Crippen LogP contribution in [0, 0.1) is 13.8 Å². The highest BCUT2D eigenvalue weighted by Gasteiger charge is 2.33. The van der Waals surface area contributed by atoms with Gasteiger partial charge in [0.15, 0.2) is 0 Å². The van der Waals surface area contributed by atoms with Gasteiger partial charge in [0.05, 0.1) is 6.61 Å². The smallest absolute Gasteiger partial charge is 0.0528 e. The highest BCUT2D eigenvalue weighted by atomic mass is 16.3. The van der Waals surface area contributed by atoms with Crippen LogP contribution in [-0.2, 0) is 5.41 Å². The molecule has 1 atom stereocenters. The maximum Gasteiger partial charge on any atom is 0.0528 e. The fourth-order valence-electron chi connectivity index (χ4n) is 3.05. The molecule has 2 N–H and O–H groups in total. The van der Waals surface area contributed by atoms with Gasteiger partial charge in [-0.1, -0.05) is 23.8 Å². The summed E-state index contributed by atoms with van der Waals surface area (Å²) in [6.45, 7) is 6.63. The quantitative estimate of drug-likeness (QED) is 0.821. The molecule has 0 spiro atoms. The lowest BCUT2D eigenvalue weighted by atomic mass is 9.73. The Morgan fingerprint density at radius 1 is 1.24 bits per heavy atom. The summed E-state index contributed by atoms with van der Waals surface area (Å²) in [5, 5.41) is 13.3. The normalized spacial score (nSPS) is 25.6. The van der Waals surface area contributed by atoms with E-state index in [2.05, 4.69) is 37.4 Å². The molecule has 1 saturated heterocycles. The molecular weight excluding hydrogens is 210 g/mol. The summed E-state index contributed by atoms with van der Waals surface area (Å²) in [5.74, 6) is 0. The Bertz CT molecular complexity index is 379. The average molecular weight is 233 g/mol. The molecular formula is C15H23NO. The number of hydrogen-bond acceptors (Lipinski definition) is 2. The van der Waals surface area contributed by atoms with Crippen molar-refractivity contribution in [1.29, 1.82) is 0 Å². The van der Waals surface area contributed by atoms with E-state index in [-0.39, 0.29) is 12.0 Å². The molecule has 1 heterocycles. The van der Waals surface area contributed by atoms with E-state index < -0.39 is 0 Å². The van der Waals surface area contributed by atoms with E-state index in [9.17, 15) is 5.11 Å². The van der Waals surface area contributed by atoms with Crippen molar-refractivity contribution in [3.63, 3.8) is 0 Å². The van der Waals surface area contributed by atoms with Crippen molar-refractivity contribution in [3.05, 3.63) is 34.9 Å². The zero-order chi connectivity index (χ0) is 12.3. The largest absolute Gasteiger partial charge is 0.395 e. The van der Waals surface area contributed by atoms with Crippen molar-refractivity contribution in [2.24, 2.45) is 0 Å². The molecule has 0 bridgehead atoms. The molecule has 1 unspecified atom stereocenters. The van der Waals surface area contributed by atoms with E-state index in [0.29, 0.717) is 0 Å². The van der Waals surface area contributed by atoms with Crippen LogP contribution in [0.5, 0.6) is 0 Å². The van der Waals surface area contributed by atoms with Crippen molar-refractivity contribution in [2.75, 3.05) is 19.7 Å². The maximum atomic E-state index is 9.89. The van der Waals surface area contributed by atoms with Crippen molar-refractivity contribution in [3.8, 4) is 0 Å². The molecule has 17 heavy (non-hydrogen) atoms. The second-order valence-corrected chi connectivity index (χ2v) is 5.36. The van der Waals surface area contributed by atoms with E-state index >= 15 is 0 Å². The topological polar surface area (TPSA) is 32.3 Å². The van der Waals surface area contributed by atoms with Crippen molar-refractivity contribution < 1.29 is 5.11 Å². The molecule has 1 fully saturated rings. The van der Waals surface area contributed by atoms with Gasteiger partial charge in [-0.2, -0.15) is 0 Å². The molecule has 1 aromatic carbocycles. The number of rotatable bonds is 2. The lowest BCUT2D eigenvalue weighted by molar-refractivity contribution is 0.178. The van der Waals surface area contributed by atoms with Gasteiger partial charge in [-0.05, 0) is 57.3 Å². The fourth-order valence-corrected chi connectivity index (χ4v) is 3.05. The van der Waals surface area contributed by atoms with Crippen LogP contribution in [-0.4, -0.2) is 24.8 Å². The van der Waals surface area contributed by atoms with E-state index in [1.807, 2.05) is 0 Å². The van der Waals surface area contributed by atoms with E-state index in [4.69, 9.17) is 0 Å². The zero-order valence-electron chi connectivity index (χ0n) is 10.9. The monoisotopic (exact) mass is 233 g/mol. The molecule has 94 valence electrons. The lowest BCUT2D eigenvalue weighted by Gasteiger charge is -2.32. The van der Waals surface area contributed by atoms with Crippen LogP contribution in [0.3, 0.4) is 0 Å². The number of nitrogens with one attached hydrogen (secondary N) is 1. The molecule has 0 saturated carbocycles. The Morgan fingerprint density at radius 2 is 2.06 bits per heavy atom. The highest BCUT2D eigenvalue weighted by molar-refractivity contribution is 5.37. The molecule has 2 rings (SSSR count). The van der Waals surface area contributed by atoms with E-state index in [1.54, 1.807) is 0 Å². The first kappa shape index (κ1) is 12.6. The number of aliphatic hydroxyl groups excluding tert-OH is 1. The average Bonchev–Trinajstić information content (AvgIpc) is 2.55. The molecule has 1 aliphatic heterocycles. The van der Waals surface area contributed by atoms with Gasteiger partial charge in [-0.25, -0.2) is 0 Å². The first-order valence-electron chi connectivity index (χ1n) is 6.57. The van der Waals surface area contributed by atoms with Gasteiger partial charge >= 0.3 is 0 Å². The highest BCUT2D eigenvalue weighted by Crippen LogP contribution is 2.35. The molecule has 1 aromatic rings. The Hall–Kier alpha value is -0.860. The van der Waals surface area contributed by atoms with Gasteiger partial charge in [-0.3, -0.25) is 0 Å². The second kappa shape index (κ2) is 5.19. The van der Waals surface area contributed by atoms with Gasteiger partial charge in [0.2, 0.25) is 0 Å². The summed E-state index contributed by atoms with van der Waals surface area (Å²) in [5.41, 5.74) is 3.93. The number of hydrogen-bond donors (Lipinski definition) is 2. The third kappa shape index (κ3) is 2.53. The fraction of sp³-hybridized carbons (Fsp3) is 0.600.